The van der Waals surface area contributed by atoms with Crippen molar-refractivity contribution >= 4 is 21.8 Å². The number of rotatable bonds is 3. The van der Waals surface area contributed by atoms with E-state index in [0.717, 1.165) is 12.1 Å². The number of aromatic nitrogens is 1. The van der Waals surface area contributed by atoms with Gasteiger partial charge in [-0.2, -0.15) is 8.42 Å². The highest BCUT2D eigenvalue weighted by Crippen LogP contribution is 2.23. The van der Waals surface area contributed by atoms with Crippen LogP contribution >= 0.6 is 0 Å². The molecule has 0 spiro atoms. The van der Waals surface area contributed by atoms with Crippen LogP contribution in [-0.2, 0) is 17.3 Å². The van der Waals surface area contributed by atoms with Gasteiger partial charge in [0, 0.05) is 24.9 Å². The number of benzene rings is 1. The molecular formula is C13H11FN2O4S. The van der Waals surface area contributed by atoms with Gasteiger partial charge in [0.15, 0.2) is 0 Å². The van der Waals surface area contributed by atoms with Gasteiger partial charge in [-0.05, 0) is 18.2 Å². The number of hydrogen-bond acceptors (Lipinski definition) is 4. The number of pyridine rings is 1. The van der Waals surface area contributed by atoms with Gasteiger partial charge >= 0.3 is 10.2 Å². The van der Waals surface area contributed by atoms with Gasteiger partial charge < -0.3 is 9.88 Å². The molecule has 1 heterocycles. The molecule has 0 unspecified atom stereocenters. The molecule has 0 radical (unpaired) electrons. The van der Waals surface area contributed by atoms with Crippen molar-refractivity contribution in [2.75, 3.05) is 5.32 Å². The van der Waals surface area contributed by atoms with Crippen molar-refractivity contribution in [1.82, 2.24) is 4.57 Å². The van der Waals surface area contributed by atoms with Crippen LogP contribution in [-0.4, -0.2) is 18.9 Å². The minimum Gasteiger partial charge on any atom is -0.321 e. The number of aryl methyl sites for hydroxylation is 1. The Kier molecular flexibility index (Phi) is 3.90. The second-order valence-electron chi connectivity index (χ2n) is 4.25. The molecule has 0 aliphatic carbocycles. The molecule has 8 heteroatoms. The van der Waals surface area contributed by atoms with Crippen LogP contribution in [0.3, 0.4) is 0 Å². The van der Waals surface area contributed by atoms with Crippen LogP contribution in [0.15, 0.2) is 52.3 Å². The van der Waals surface area contributed by atoms with Crippen molar-refractivity contribution in [3.8, 4) is 0 Å². The van der Waals surface area contributed by atoms with Crippen molar-refractivity contribution in [2.24, 2.45) is 7.05 Å². The van der Waals surface area contributed by atoms with E-state index < -0.39 is 26.6 Å². The molecule has 0 aliphatic rings. The molecule has 0 saturated heterocycles. The third kappa shape index (κ3) is 3.34. The van der Waals surface area contributed by atoms with E-state index in [9.17, 15) is 21.9 Å². The first-order valence-corrected chi connectivity index (χ1v) is 7.19. The molecule has 0 aliphatic heterocycles. The van der Waals surface area contributed by atoms with Crippen molar-refractivity contribution in [3.05, 3.63) is 58.5 Å². The summed E-state index contributed by atoms with van der Waals surface area (Å²) in [5.74, 6) is -0.705. The summed E-state index contributed by atoms with van der Waals surface area (Å²) < 4.78 is 36.4. The maximum Gasteiger partial charge on any atom is 0.334 e. The van der Waals surface area contributed by atoms with Crippen LogP contribution in [0.5, 0.6) is 0 Å². The topological polar surface area (TPSA) is 85.2 Å². The molecule has 6 nitrogen and oxygen atoms in total. The lowest BCUT2D eigenvalue weighted by molar-refractivity contribution is 0.102. The summed E-state index contributed by atoms with van der Waals surface area (Å²) in [6.45, 7) is 0. The third-order valence-corrected chi connectivity index (χ3v) is 3.65. The number of carbonyl (C=O) groups is 1. The van der Waals surface area contributed by atoms with E-state index in [-0.39, 0.29) is 11.3 Å². The van der Waals surface area contributed by atoms with E-state index in [1.807, 2.05) is 0 Å². The highest BCUT2D eigenvalue weighted by molar-refractivity contribution is 7.86. The first-order chi connectivity index (χ1) is 9.79. The molecule has 2 aromatic rings. The zero-order valence-electron chi connectivity index (χ0n) is 10.9. The maximum atomic E-state index is 13.1. The minimum absolute atomic E-state index is 0.0455. The van der Waals surface area contributed by atoms with Gasteiger partial charge in [-0.1, -0.05) is 12.1 Å². The Hall–Kier alpha value is -2.48. The molecule has 110 valence electrons. The van der Waals surface area contributed by atoms with E-state index >= 15 is 0 Å². The number of carbonyl (C=O) groups excluding carboxylic acids is 1. The summed E-state index contributed by atoms with van der Waals surface area (Å²) in [5, 5.41) is 2.27. The minimum atomic E-state index is -4.96. The number of para-hydroxylation sites is 1. The molecule has 1 amide bonds. The van der Waals surface area contributed by atoms with Crippen LogP contribution in [0.1, 0.15) is 10.4 Å². The largest absolute Gasteiger partial charge is 0.334 e. The summed E-state index contributed by atoms with van der Waals surface area (Å²) in [7, 11) is -3.43. The predicted octanol–water partition coefficient (Wildman–Crippen LogP) is 1.30. The Morgan fingerprint density at radius 2 is 1.90 bits per heavy atom. The normalized spacial score (nSPS) is 11.1. The van der Waals surface area contributed by atoms with Gasteiger partial charge in [0.25, 0.3) is 11.5 Å². The zero-order valence-corrected chi connectivity index (χ0v) is 11.7. The Morgan fingerprint density at radius 3 is 2.52 bits per heavy atom. The number of nitrogens with zero attached hydrogens (tertiary/aromatic N) is 1. The number of hydrogen-bond donors (Lipinski definition) is 1. The summed E-state index contributed by atoms with van der Waals surface area (Å²) in [5.41, 5.74) is -0.538. The summed E-state index contributed by atoms with van der Waals surface area (Å²) in [6, 6.07) is 7.57. The summed E-state index contributed by atoms with van der Waals surface area (Å²) in [4.78, 5) is 22.8. The Morgan fingerprint density at radius 1 is 1.24 bits per heavy atom. The lowest BCUT2D eigenvalue weighted by atomic mass is 10.2. The first-order valence-electron chi connectivity index (χ1n) is 5.81. The average molecular weight is 310 g/mol. The summed E-state index contributed by atoms with van der Waals surface area (Å²) in [6.07, 6.45) is 1.40. The van der Waals surface area contributed by atoms with E-state index in [0.29, 0.717) is 0 Å². The second kappa shape index (κ2) is 5.49. The zero-order chi connectivity index (χ0) is 15.6. The van der Waals surface area contributed by atoms with Crippen molar-refractivity contribution in [1.29, 1.82) is 0 Å². The number of halogens is 1. The van der Waals surface area contributed by atoms with Crippen LogP contribution in [0, 0.1) is 0 Å². The fourth-order valence-corrected chi connectivity index (χ4v) is 2.29. The van der Waals surface area contributed by atoms with Crippen LogP contribution in [0.4, 0.5) is 9.57 Å². The Labute approximate surface area is 120 Å². The van der Waals surface area contributed by atoms with Gasteiger partial charge in [-0.15, -0.1) is 3.89 Å². The fourth-order valence-electron chi connectivity index (χ4n) is 1.67. The number of nitrogens with one attached hydrogen (secondary N) is 1. The van der Waals surface area contributed by atoms with E-state index in [1.165, 1.54) is 42.1 Å². The molecular weight excluding hydrogens is 299 g/mol. The van der Waals surface area contributed by atoms with Gasteiger partial charge in [0.2, 0.25) is 0 Å². The molecule has 1 aromatic carbocycles. The van der Waals surface area contributed by atoms with Crippen molar-refractivity contribution in [2.45, 2.75) is 4.90 Å². The van der Waals surface area contributed by atoms with Gasteiger partial charge in [-0.3, -0.25) is 9.59 Å². The van der Waals surface area contributed by atoms with Gasteiger partial charge in [-0.25, -0.2) is 0 Å². The average Bonchev–Trinajstić information content (AvgIpc) is 2.41. The highest BCUT2D eigenvalue weighted by atomic mass is 32.3. The predicted molar refractivity (Wildman–Crippen MR) is 74.4 cm³/mol. The molecule has 0 atom stereocenters. The second-order valence-corrected chi connectivity index (χ2v) is 5.57. The molecule has 21 heavy (non-hydrogen) atoms. The molecule has 0 saturated carbocycles. The third-order valence-electron chi connectivity index (χ3n) is 2.76. The monoisotopic (exact) mass is 310 g/mol. The van der Waals surface area contributed by atoms with Crippen LogP contribution in [0.25, 0.3) is 0 Å². The fraction of sp³-hybridized carbons (Fsp3) is 0.0769. The Balaban J connectivity index is 2.37. The van der Waals surface area contributed by atoms with Crippen LogP contribution in [0.2, 0.25) is 0 Å². The molecule has 0 fully saturated rings. The maximum absolute atomic E-state index is 13.1. The van der Waals surface area contributed by atoms with Gasteiger partial charge in [0.1, 0.15) is 4.90 Å². The Bertz CT molecular complexity index is 858. The lowest BCUT2D eigenvalue weighted by Gasteiger charge is -2.08. The SMILES string of the molecule is Cn1ccc(C(=O)Nc2ccccc2S(=O)(=O)F)cc1=O. The van der Waals surface area contributed by atoms with Crippen molar-refractivity contribution < 1.29 is 17.1 Å². The smallest absolute Gasteiger partial charge is 0.321 e. The quantitative estimate of drug-likeness (QED) is 0.866. The molecule has 1 N–H and O–H groups in total. The van der Waals surface area contributed by atoms with Crippen LogP contribution < -0.4 is 10.9 Å². The molecule has 2 rings (SSSR count). The van der Waals surface area contributed by atoms with Crippen molar-refractivity contribution in [3.63, 3.8) is 0 Å². The van der Waals surface area contributed by atoms with E-state index in [4.69, 9.17) is 0 Å². The number of amides is 1. The lowest BCUT2D eigenvalue weighted by Crippen LogP contribution is -2.20. The first kappa shape index (κ1) is 14.9. The molecule has 0 bridgehead atoms. The highest BCUT2D eigenvalue weighted by Gasteiger charge is 2.18. The van der Waals surface area contributed by atoms with E-state index in [1.54, 1.807) is 0 Å². The van der Waals surface area contributed by atoms with Gasteiger partial charge in [0.05, 0.1) is 5.69 Å². The van der Waals surface area contributed by atoms with E-state index in [2.05, 4.69) is 5.32 Å². The number of anilines is 1. The standard InChI is InChI=1S/C13H11FN2O4S/c1-16-7-6-9(8-12(16)17)13(18)15-10-4-2-3-5-11(10)21(14,19)20/h2-8H,1H3,(H,15,18). The summed E-state index contributed by atoms with van der Waals surface area (Å²) >= 11 is 0. The molecule has 1 aromatic heterocycles.